The number of thioether (sulfide) groups is 1. The summed E-state index contributed by atoms with van der Waals surface area (Å²) in [5, 5.41) is 9.02. The molecule has 138 valence electrons. The molecule has 2 nitrogen and oxygen atoms in total. The van der Waals surface area contributed by atoms with Crippen LogP contribution in [0.3, 0.4) is 0 Å². The van der Waals surface area contributed by atoms with Gasteiger partial charge in [-0.25, -0.2) is 0 Å². The van der Waals surface area contributed by atoms with Crippen LogP contribution in [-0.4, -0.2) is 35.4 Å². The summed E-state index contributed by atoms with van der Waals surface area (Å²) >= 11 is 1.64. The fourth-order valence-electron chi connectivity index (χ4n) is 1.91. The van der Waals surface area contributed by atoms with Gasteiger partial charge in [-0.05, 0) is 37.3 Å². The minimum absolute atomic E-state index is 0.192. The number of rotatable bonds is 6. The second kappa shape index (κ2) is 7.03. The molecule has 0 bridgehead atoms. The summed E-state index contributed by atoms with van der Waals surface area (Å²) in [5.41, 5.74) is -4.07. The molecule has 0 atom stereocenters. The molecule has 0 aliphatic rings. The number of ether oxygens (including phenoxy) is 1. The van der Waals surface area contributed by atoms with Crippen molar-refractivity contribution in [3.63, 3.8) is 0 Å². The highest BCUT2D eigenvalue weighted by molar-refractivity contribution is 8.00. The molecule has 0 heterocycles. The molecule has 0 saturated heterocycles. The Balaban J connectivity index is 2.91. The van der Waals surface area contributed by atoms with Gasteiger partial charge < -0.3 is 9.84 Å². The van der Waals surface area contributed by atoms with Crippen molar-refractivity contribution in [3.05, 3.63) is 29.8 Å². The van der Waals surface area contributed by atoms with Crippen LogP contribution in [0.1, 0.15) is 26.3 Å². The molecule has 0 amide bonds. The monoisotopic (exact) mass is 376 g/mol. The van der Waals surface area contributed by atoms with Crippen molar-refractivity contribution in [3.8, 4) is 5.75 Å². The Bertz CT molecular complexity index is 522. The van der Waals surface area contributed by atoms with Crippen LogP contribution in [0.25, 0.3) is 0 Å². The van der Waals surface area contributed by atoms with Gasteiger partial charge in [-0.1, -0.05) is 19.1 Å². The van der Waals surface area contributed by atoms with Gasteiger partial charge >= 0.3 is 12.4 Å². The molecule has 0 radical (unpaired) electrons. The molecule has 0 fully saturated rings. The summed E-state index contributed by atoms with van der Waals surface area (Å²) in [4.78, 5) is 0. The maximum atomic E-state index is 12.6. The SMILES string of the molecule is CCSC(C)(C)c1ccc(OCC(O)(C(F)(F)F)C(F)(F)F)cc1. The highest BCUT2D eigenvalue weighted by atomic mass is 32.2. The van der Waals surface area contributed by atoms with E-state index < -0.39 is 24.6 Å². The zero-order chi connectivity index (χ0) is 18.8. The first-order valence-electron chi connectivity index (χ1n) is 6.98. The molecule has 1 aromatic rings. The maximum absolute atomic E-state index is 12.6. The number of hydrogen-bond acceptors (Lipinski definition) is 3. The maximum Gasteiger partial charge on any atom is 0.429 e. The Kier molecular flexibility index (Phi) is 6.14. The van der Waals surface area contributed by atoms with Gasteiger partial charge in [-0.15, -0.1) is 0 Å². The molecule has 0 spiro atoms. The van der Waals surface area contributed by atoms with Crippen LogP contribution in [-0.2, 0) is 4.75 Å². The van der Waals surface area contributed by atoms with Crippen LogP contribution in [0.15, 0.2) is 24.3 Å². The van der Waals surface area contributed by atoms with Crippen molar-refractivity contribution in [1.82, 2.24) is 0 Å². The number of hydrogen-bond donors (Lipinski definition) is 1. The lowest BCUT2D eigenvalue weighted by molar-refractivity contribution is -0.373. The van der Waals surface area contributed by atoms with E-state index in [1.807, 2.05) is 20.8 Å². The largest absolute Gasteiger partial charge is 0.490 e. The minimum Gasteiger partial charge on any atom is -0.490 e. The Hall–Kier alpha value is -1.09. The van der Waals surface area contributed by atoms with Crippen LogP contribution >= 0.6 is 11.8 Å². The quantitative estimate of drug-likeness (QED) is 0.716. The Morgan fingerprint density at radius 1 is 0.958 bits per heavy atom. The Morgan fingerprint density at radius 2 is 1.42 bits per heavy atom. The van der Waals surface area contributed by atoms with Gasteiger partial charge in [-0.2, -0.15) is 38.1 Å². The van der Waals surface area contributed by atoms with Crippen molar-refractivity contribution in [2.45, 2.75) is 43.5 Å². The Morgan fingerprint density at radius 3 is 1.79 bits per heavy atom. The van der Waals surface area contributed by atoms with Crippen molar-refractivity contribution in [2.75, 3.05) is 12.4 Å². The third kappa shape index (κ3) is 4.50. The molecule has 24 heavy (non-hydrogen) atoms. The third-order valence-electron chi connectivity index (χ3n) is 3.44. The van der Waals surface area contributed by atoms with Crippen molar-refractivity contribution in [1.29, 1.82) is 0 Å². The van der Waals surface area contributed by atoms with Gasteiger partial charge in [0.05, 0.1) is 0 Å². The van der Waals surface area contributed by atoms with Crippen LogP contribution < -0.4 is 4.74 Å². The van der Waals surface area contributed by atoms with Gasteiger partial charge in [0.25, 0.3) is 5.60 Å². The predicted molar refractivity (Wildman–Crippen MR) is 80.2 cm³/mol. The fraction of sp³-hybridized carbons (Fsp3) is 0.600. The molecular formula is C15H18F6O2S. The highest BCUT2D eigenvalue weighted by Crippen LogP contribution is 2.43. The summed E-state index contributed by atoms with van der Waals surface area (Å²) in [6, 6.07) is 5.69. The summed E-state index contributed by atoms with van der Waals surface area (Å²) in [5.74, 6) is 0.651. The van der Waals surface area contributed by atoms with E-state index in [0.717, 1.165) is 11.3 Å². The lowest BCUT2D eigenvalue weighted by Gasteiger charge is -2.32. The van der Waals surface area contributed by atoms with Gasteiger partial charge in [0.1, 0.15) is 12.4 Å². The molecule has 1 N–H and O–H groups in total. The molecule has 0 aromatic heterocycles. The fourth-order valence-corrected chi connectivity index (χ4v) is 2.93. The third-order valence-corrected chi connectivity index (χ3v) is 4.69. The molecular weight excluding hydrogens is 358 g/mol. The van der Waals surface area contributed by atoms with E-state index in [9.17, 15) is 26.3 Å². The predicted octanol–water partition coefficient (Wildman–Crippen LogP) is 4.91. The summed E-state index contributed by atoms with van der Waals surface area (Å²) < 4.78 is 79.6. The summed E-state index contributed by atoms with van der Waals surface area (Å²) in [6.07, 6.45) is -11.8. The first-order valence-corrected chi connectivity index (χ1v) is 7.96. The average Bonchev–Trinajstić information content (AvgIpc) is 2.42. The van der Waals surface area contributed by atoms with Crippen LogP contribution in [0.4, 0.5) is 26.3 Å². The van der Waals surface area contributed by atoms with Crippen molar-refractivity contribution >= 4 is 11.8 Å². The van der Waals surface area contributed by atoms with E-state index in [1.165, 1.54) is 12.1 Å². The number of alkyl halides is 6. The lowest BCUT2D eigenvalue weighted by atomic mass is 10.0. The van der Waals surface area contributed by atoms with Crippen molar-refractivity contribution < 1.29 is 36.2 Å². The molecule has 0 aliphatic carbocycles. The van der Waals surface area contributed by atoms with E-state index in [1.54, 1.807) is 23.9 Å². The molecule has 9 heteroatoms. The van der Waals surface area contributed by atoms with Gasteiger partial charge in [0.2, 0.25) is 0 Å². The number of aliphatic hydroxyl groups is 1. The van der Waals surface area contributed by atoms with E-state index in [-0.39, 0.29) is 10.5 Å². The minimum atomic E-state index is -5.90. The first kappa shape index (κ1) is 21.0. The second-order valence-corrected chi connectivity index (χ2v) is 7.50. The smallest absolute Gasteiger partial charge is 0.429 e. The average molecular weight is 376 g/mol. The van der Waals surface area contributed by atoms with E-state index in [0.29, 0.717) is 0 Å². The first-order chi connectivity index (χ1) is 10.7. The standard InChI is InChI=1S/C15H18F6O2S/c1-4-24-12(2,3)10-5-7-11(8-6-10)23-9-13(22,14(16,17)18)15(19,20)21/h5-8,22H,4,9H2,1-3H3. The van der Waals surface area contributed by atoms with Gasteiger partial charge in [-0.3, -0.25) is 0 Å². The lowest BCUT2D eigenvalue weighted by Crippen LogP contribution is -2.60. The topological polar surface area (TPSA) is 29.5 Å². The normalized spacial score (nSPS) is 13.9. The second-order valence-electron chi connectivity index (χ2n) is 5.61. The van der Waals surface area contributed by atoms with Crippen LogP contribution in [0.5, 0.6) is 5.75 Å². The summed E-state index contributed by atoms with van der Waals surface area (Å²) in [7, 11) is 0. The number of halogens is 6. The van der Waals surface area contributed by atoms with E-state index >= 15 is 0 Å². The highest BCUT2D eigenvalue weighted by Gasteiger charge is 2.71. The zero-order valence-electron chi connectivity index (χ0n) is 13.3. The van der Waals surface area contributed by atoms with Crippen molar-refractivity contribution in [2.24, 2.45) is 0 Å². The van der Waals surface area contributed by atoms with Gasteiger partial charge in [0, 0.05) is 4.75 Å². The molecule has 0 aliphatic heterocycles. The molecule has 0 unspecified atom stereocenters. The molecule has 0 saturated carbocycles. The molecule has 1 rings (SSSR count). The van der Waals surface area contributed by atoms with E-state index in [2.05, 4.69) is 4.74 Å². The van der Waals surface area contributed by atoms with Crippen LogP contribution in [0.2, 0.25) is 0 Å². The Labute approximate surface area is 140 Å². The van der Waals surface area contributed by atoms with Crippen LogP contribution in [0, 0.1) is 0 Å². The zero-order valence-corrected chi connectivity index (χ0v) is 14.1. The summed E-state index contributed by atoms with van der Waals surface area (Å²) in [6.45, 7) is 3.90. The van der Waals surface area contributed by atoms with E-state index in [4.69, 9.17) is 5.11 Å². The van der Waals surface area contributed by atoms with Gasteiger partial charge in [0.15, 0.2) is 0 Å². The molecule has 1 aromatic carbocycles. The number of benzene rings is 1.